The van der Waals surface area contributed by atoms with Gasteiger partial charge in [0, 0.05) is 19.0 Å². The van der Waals surface area contributed by atoms with Crippen LogP contribution in [0.1, 0.15) is 30.9 Å². The predicted octanol–water partition coefficient (Wildman–Crippen LogP) is 2.44. The summed E-state index contributed by atoms with van der Waals surface area (Å²) in [4.78, 5) is 2.54. The van der Waals surface area contributed by atoms with Gasteiger partial charge in [0.15, 0.2) is 0 Å². The summed E-state index contributed by atoms with van der Waals surface area (Å²) in [6, 6.07) is 6.60. The summed E-state index contributed by atoms with van der Waals surface area (Å²) in [5.74, 6) is 1.75. The number of hydrogen-bond donors (Lipinski definition) is 1. The molecule has 3 heteroatoms. The van der Waals surface area contributed by atoms with Crippen LogP contribution in [-0.4, -0.2) is 37.7 Å². The Labute approximate surface area is 122 Å². The second-order valence-electron chi connectivity index (χ2n) is 6.07. The van der Waals surface area contributed by atoms with Crippen molar-refractivity contribution >= 4 is 0 Å². The number of hydrogen-bond acceptors (Lipinski definition) is 3. The third-order valence-electron chi connectivity index (χ3n) is 4.60. The Balaban J connectivity index is 1.55. The van der Waals surface area contributed by atoms with Gasteiger partial charge in [0.05, 0.1) is 6.61 Å². The molecule has 1 N–H and O–H groups in total. The number of rotatable bonds is 4. The zero-order valence-corrected chi connectivity index (χ0v) is 12.5. The Kier molecular flexibility index (Phi) is 4.58. The summed E-state index contributed by atoms with van der Waals surface area (Å²) < 4.78 is 6.06. The fraction of sp³-hybridized carbons (Fsp3) is 0.647. The van der Waals surface area contributed by atoms with Crippen LogP contribution in [0.15, 0.2) is 18.2 Å². The van der Waals surface area contributed by atoms with E-state index >= 15 is 0 Å². The molecule has 3 nitrogen and oxygen atoms in total. The highest BCUT2D eigenvalue weighted by Crippen LogP contribution is 2.22. The topological polar surface area (TPSA) is 24.5 Å². The van der Waals surface area contributed by atoms with E-state index in [-0.39, 0.29) is 0 Å². The van der Waals surface area contributed by atoms with Crippen LogP contribution in [0.25, 0.3) is 0 Å². The molecule has 0 radical (unpaired) electrons. The van der Waals surface area contributed by atoms with Crippen LogP contribution in [0.3, 0.4) is 0 Å². The first kappa shape index (κ1) is 13.9. The minimum absolute atomic E-state index is 0.696. The largest absolute Gasteiger partial charge is 0.493 e. The highest BCUT2D eigenvalue weighted by molar-refractivity contribution is 5.37. The van der Waals surface area contributed by atoms with Gasteiger partial charge in [-0.1, -0.05) is 13.0 Å². The molecule has 3 rings (SSSR count). The van der Waals surface area contributed by atoms with Gasteiger partial charge in [0.1, 0.15) is 5.75 Å². The van der Waals surface area contributed by atoms with E-state index in [9.17, 15) is 0 Å². The first-order valence-electron chi connectivity index (χ1n) is 8.03. The molecular weight excluding hydrogens is 248 g/mol. The lowest BCUT2D eigenvalue weighted by Crippen LogP contribution is -2.37. The van der Waals surface area contributed by atoms with Gasteiger partial charge in [-0.3, -0.25) is 0 Å². The van der Waals surface area contributed by atoms with Gasteiger partial charge in [0.25, 0.3) is 0 Å². The summed E-state index contributed by atoms with van der Waals surface area (Å²) >= 11 is 0. The van der Waals surface area contributed by atoms with Crippen molar-refractivity contribution in [1.29, 1.82) is 0 Å². The van der Waals surface area contributed by atoms with Gasteiger partial charge in [-0.15, -0.1) is 0 Å². The molecule has 1 aromatic carbocycles. The van der Waals surface area contributed by atoms with E-state index in [4.69, 9.17) is 4.74 Å². The predicted molar refractivity (Wildman–Crippen MR) is 82.2 cm³/mol. The summed E-state index contributed by atoms with van der Waals surface area (Å²) in [6.07, 6.45) is 3.75. The summed E-state index contributed by atoms with van der Waals surface area (Å²) in [6.45, 7) is 8.84. The van der Waals surface area contributed by atoms with Crippen molar-refractivity contribution in [2.75, 3.05) is 32.8 Å². The quantitative estimate of drug-likeness (QED) is 0.912. The fourth-order valence-electron chi connectivity index (χ4n) is 3.33. The summed E-state index contributed by atoms with van der Waals surface area (Å²) in [5.41, 5.74) is 2.89. The van der Waals surface area contributed by atoms with Gasteiger partial charge < -0.3 is 15.0 Å². The third kappa shape index (κ3) is 3.33. The van der Waals surface area contributed by atoms with E-state index in [0.717, 1.165) is 31.9 Å². The monoisotopic (exact) mass is 274 g/mol. The first-order valence-corrected chi connectivity index (χ1v) is 8.03. The van der Waals surface area contributed by atoms with Crippen molar-refractivity contribution in [3.63, 3.8) is 0 Å². The lowest BCUT2D eigenvalue weighted by Gasteiger charge is -2.31. The molecule has 0 saturated carbocycles. The van der Waals surface area contributed by atoms with E-state index < -0.39 is 0 Å². The third-order valence-corrected chi connectivity index (χ3v) is 4.60. The molecule has 2 aliphatic heterocycles. The van der Waals surface area contributed by atoms with Gasteiger partial charge in [-0.2, -0.15) is 0 Å². The molecular formula is C17H26N2O. The van der Waals surface area contributed by atoms with Crippen molar-refractivity contribution in [2.45, 2.75) is 32.7 Å². The number of fused-ring (bicyclic) bond motifs is 1. The van der Waals surface area contributed by atoms with E-state index in [2.05, 4.69) is 35.3 Å². The Morgan fingerprint density at radius 2 is 2.30 bits per heavy atom. The van der Waals surface area contributed by atoms with Crippen LogP contribution in [0.2, 0.25) is 0 Å². The highest BCUT2D eigenvalue weighted by atomic mass is 16.5. The van der Waals surface area contributed by atoms with Gasteiger partial charge in [-0.05, 0) is 62.2 Å². The molecule has 1 unspecified atom stereocenters. The first-order chi connectivity index (χ1) is 9.85. The van der Waals surface area contributed by atoms with E-state index in [1.165, 1.54) is 43.6 Å². The second kappa shape index (κ2) is 6.59. The maximum atomic E-state index is 6.06. The summed E-state index contributed by atoms with van der Waals surface area (Å²) in [5, 5.41) is 3.41. The molecule has 110 valence electrons. The molecule has 0 spiro atoms. The molecule has 0 aliphatic carbocycles. The fourth-order valence-corrected chi connectivity index (χ4v) is 3.33. The average molecular weight is 274 g/mol. The number of benzene rings is 1. The molecule has 20 heavy (non-hydrogen) atoms. The molecule has 1 aromatic rings. The van der Waals surface area contributed by atoms with Crippen molar-refractivity contribution < 1.29 is 4.74 Å². The Bertz CT molecular complexity index is 447. The normalized spacial score (nSPS) is 23.4. The SMILES string of the molecule is CCN1CCCC(COc2ccc3c(c2)CCNC3)C1. The molecule has 0 amide bonds. The molecule has 1 atom stereocenters. The number of piperidine rings is 1. The van der Waals surface area contributed by atoms with Crippen LogP contribution in [0.4, 0.5) is 0 Å². The minimum Gasteiger partial charge on any atom is -0.493 e. The van der Waals surface area contributed by atoms with Crippen molar-refractivity contribution in [1.82, 2.24) is 10.2 Å². The van der Waals surface area contributed by atoms with Gasteiger partial charge in [-0.25, -0.2) is 0 Å². The van der Waals surface area contributed by atoms with Crippen LogP contribution in [0, 0.1) is 5.92 Å². The number of ether oxygens (including phenoxy) is 1. The Morgan fingerprint density at radius 3 is 3.20 bits per heavy atom. The van der Waals surface area contributed by atoms with Crippen LogP contribution in [0.5, 0.6) is 5.75 Å². The van der Waals surface area contributed by atoms with Crippen LogP contribution < -0.4 is 10.1 Å². The standard InChI is InChI=1S/C17H26N2O/c1-2-19-9-3-4-14(12-19)13-20-17-6-5-16-11-18-8-7-15(16)10-17/h5-6,10,14,18H,2-4,7-9,11-13H2,1H3. The number of likely N-dealkylation sites (tertiary alicyclic amines) is 1. The van der Waals surface area contributed by atoms with Crippen molar-refractivity contribution in [3.05, 3.63) is 29.3 Å². The van der Waals surface area contributed by atoms with Gasteiger partial charge >= 0.3 is 0 Å². The van der Waals surface area contributed by atoms with Crippen LogP contribution in [-0.2, 0) is 13.0 Å². The maximum Gasteiger partial charge on any atom is 0.119 e. The van der Waals surface area contributed by atoms with E-state index in [1.54, 1.807) is 0 Å². The molecule has 2 heterocycles. The summed E-state index contributed by atoms with van der Waals surface area (Å²) in [7, 11) is 0. The van der Waals surface area contributed by atoms with Crippen LogP contribution >= 0.6 is 0 Å². The smallest absolute Gasteiger partial charge is 0.119 e. The zero-order valence-electron chi connectivity index (χ0n) is 12.5. The van der Waals surface area contributed by atoms with E-state index in [1.807, 2.05) is 0 Å². The maximum absolute atomic E-state index is 6.06. The number of nitrogens with one attached hydrogen (secondary N) is 1. The molecule has 1 saturated heterocycles. The van der Waals surface area contributed by atoms with Crippen molar-refractivity contribution in [2.24, 2.45) is 5.92 Å². The van der Waals surface area contributed by atoms with Crippen molar-refractivity contribution in [3.8, 4) is 5.75 Å². The lowest BCUT2D eigenvalue weighted by molar-refractivity contribution is 0.135. The number of nitrogens with zero attached hydrogens (tertiary/aromatic N) is 1. The molecule has 0 bridgehead atoms. The van der Waals surface area contributed by atoms with E-state index in [0.29, 0.717) is 5.92 Å². The second-order valence-corrected chi connectivity index (χ2v) is 6.07. The Hall–Kier alpha value is -1.06. The molecule has 2 aliphatic rings. The lowest BCUT2D eigenvalue weighted by atomic mass is 9.99. The van der Waals surface area contributed by atoms with Gasteiger partial charge in [0.2, 0.25) is 0 Å². The molecule has 0 aromatic heterocycles. The minimum atomic E-state index is 0.696. The zero-order chi connectivity index (χ0) is 13.8. The molecule has 1 fully saturated rings. The Morgan fingerprint density at radius 1 is 1.35 bits per heavy atom. The average Bonchev–Trinajstić information content (AvgIpc) is 2.53. The highest BCUT2D eigenvalue weighted by Gasteiger charge is 2.19.